The van der Waals surface area contributed by atoms with Gasteiger partial charge in [0, 0.05) is 55.6 Å². The smallest absolute Gasteiger partial charge is 0.129 e. The number of fused-ring (bicyclic) bond motifs is 7. The van der Waals surface area contributed by atoms with Crippen LogP contribution in [-0.4, -0.2) is 9.97 Å². The molecule has 0 spiro atoms. The van der Waals surface area contributed by atoms with Gasteiger partial charge in [0.15, 0.2) is 0 Å². The van der Waals surface area contributed by atoms with E-state index in [1.807, 2.05) is 66.9 Å². The first-order chi connectivity index (χ1) is 31.4. The predicted molar refractivity (Wildman–Crippen MR) is 246 cm³/mol. The van der Waals surface area contributed by atoms with Gasteiger partial charge in [-0.15, -0.1) is 53.1 Å². The van der Waals surface area contributed by atoms with Crippen molar-refractivity contribution >= 4 is 43.5 Å². The Labute approximate surface area is 375 Å². The van der Waals surface area contributed by atoms with E-state index in [2.05, 4.69) is 88.8 Å². The Morgan fingerprint density at radius 3 is 2.10 bits per heavy atom. The number of nitrogens with zero attached hydrogens (tertiary/aromatic N) is 2. The molecule has 3 aromatic heterocycles. The van der Waals surface area contributed by atoms with Gasteiger partial charge in [-0.3, -0.25) is 0 Å². The van der Waals surface area contributed by atoms with Crippen LogP contribution in [0.1, 0.15) is 106 Å². The topological polar surface area (TPSA) is 38.9 Å². The summed E-state index contributed by atoms with van der Waals surface area (Å²) in [6, 6.07) is 40.6. The molecule has 59 heavy (non-hydrogen) atoms. The van der Waals surface area contributed by atoms with Gasteiger partial charge < -0.3 is 14.4 Å². The van der Waals surface area contributed by atoms with Crippen LogP contribution in [0.25, 0.3) is 77.1 Å². The third kappa shape index (κ3) is 8.14. The van der Waals surface area contributed by atoms with Gasteiger partial charge in [0.25, 0.3) is 0 Å². The molecule has 0 aliphatic rings. The van der Waals surface area contributed by atoms with Crippen LogP contribution < -0.4 is 0 Å². The normalized spacial score (nSPS) is 14.6. The molecule has 0 aliphatic carbocycles. The van der Waals surface area contributed by atoms with Gasteiger partial charge in [0.05, 0.1) is 5.58 Å². The van der Waals surface area contributed by atoms with E-state index in [-0.39, 0.29) is 42.6 Å². The van der Waals surface area contributed by atoms with E-state index in [0.29, 0.717) is 50.2 Å². The zero-order valence-electron chi connectivity index (χ0n) is 43.3. The second-order valence-corrected chi connectivity index (χ2v) is 16.7. The van der Waals surface area contributed by atoms with E-state index in [0.717, 1.165) is 43.9 Å². The second-order valence-electron chi connectivity index (χ2n) is 16.7. The fourth-order valence-electron chi connectivity index (χ4n) is 7.62. The molecule has 1 radical (unpaired) electrons. The molecule has 299 valence electrons. The minimum Gasteiger partial charge on any atom is -0.500 e. The summed E-state index contributed by atoms with van der Waals surface area (Å²) in [5.41, 5.74) is 8.92. The number of hydrogen-bond donors (Lipinski definition) is 0. The van der Waals surface area contributed by atoms with Gasteiger partial charge >= 0.3 is 0 Å². The number of pyridine rings is 2. The Kier molecular flexibility index (Phi) is 8.91. The van der Waals surface area contributed by atoms with Gasteiger partial charge in [-0.2, -0.15) is 0 Å². The predicted octanol–water partition coefficient (Wildman–Crippen LogP) is 15.4. The van der Waals surface area contributed by atoms with E-state index in [4.69, 9.17) is 16.8 Å². The van der Waals surface area contributed by atoms with Crippen LogP contribution in [-0.2, 0) is 25.5 Å². The van der Waals surface area contributed by atoms with Crippen LogP contribution in [0.5, 0.6) is 0 Å². The molecule has 0 fully saturated rings. The molecule has 6 aromatic carbocycles. The minimum absolute atomic E-state index is 0. The summed E-state index contributed by atoms with van der Waals surface area (Å²) < 4.78 is 79.0. The van der Waals surface area contributed by atoms with Crippen molar-refractivity contribution in [2.24, 2.45) is 0 Å². The molecular formula is C55H52IrN2O-2. The molecule has 0 aliphatic heterocycles. The van der Waals surface area contributed by atoms with E-state index in [1.165, 1.54) is 29.5 Å². The first kappa shape index (κ1) is 31.5. The van der Waals surface area contributed by atoms with Crippen molar-refractivity contribution in [2.45, 2.75) is 86.3 Å². The maximum absolute atomic E-state index is 8.39. The van der Waals surface area contributed by atoms with Crippen LogP contribution in [0, 0.1) is 32.7 Å². The number of aromatic nitrogens is 2. The van der Waals surface area contributed by atoms with Crippen molar-refractivity contribution in [3.8, 4) is 33.6 Å². The monoisotopic (exact) mass is 958 g/mol. The van der Waals surface area contributed by atoms with Crippen LogP contribution in [0.4, 0.5) is 0 Å². The van der Waals surface area contributed by atoms with Gasteiger partial charge in [-0.25, -0.2) is 0 Å². The molecular weight excluding hydrogens is 897 g/mol. The fraction of sp³-hybridized carbons (Fsp3) is 0.236. The zero-order valence-corrected chi connectivity index (χ0v) is 36.7. The standard InChI is InChI=1S/C39H34NO.C16H18N.Ir/c1-22(2)28-15-17-30(33(19-28)23(3)4)34-20-35(40-21-25(34)6)31-16-11-24(5)36-32-18-14-27-13-12-26-9-7-8-10-29(26)37(27)39(32)41-38(31)36;1-12-5-7-13(8-6-12)15-10-9-14(11-17-15)16(2,3)4;/h7-15,17-23H,1-6H3;5-7,9-11H,1-4H3;/q2*-1;/i5D3,6D3;1D3;. The van der Waals surface area contributed by atoms with Crippen molar-refractivity contribution < 1.29 is 36.9 Å². The molecule has 3 nitrogen and oxygen atoms in total. The van der Waals surface area contributed by atoms with Gasteiger partial charge in [0.1, 0.15) is 5.58 Å². The third-order valence-corrected chi connectivity index (χ3v) is 11.0. The Bertz CT molecular complexity index is 3230. The number of furan rings is 1. The molecule has 0 saturated heterocycles. The summed E-state index contributed by atoms with van der Waals surface area (Å²) in [5, 5.41) is 5.10. The fourth-order valence-corrected chi connectivity index (χ4v) is 7.62. The van der Waals surface area contributed by atoms with E-state index in [9.17, 15) is 0 Å². The van der Waals surface area contributed by atoms with E-state index in [1.54, 1.807) is 18.2 Å². The molecule has 9 aromatic rings. The molecule has 0 N–H and O–H groups in total. The van der Waals surface area contributed by atoms with Crippen LogP contribution >= 0.6 is 0 Å². The Morgan fingerprint density at radius 2 is 1.41 bits per heavy atom. The molecule has 0 atom stereocenters. The maximum atomic E-state index is 8.39. The molecule has 9 rings (SSSR count). The Hall–Kier alpha value is -5.41. The van der Waals surface area contributed by atoms with Gasteiger partial charge in [-0.05, 0) is 85.0 Å². The van der Waals surface area contributed by atoms with Gasteiger partial charge in [-0.1, -0.05) is 158 Å². The summed E-state index contributed by atoms with van der Waals surface area (Å²) in [7, 11) is 0. The summed E-state index contributed by atoms with van der Waals surface area (Å²) >= 11 is 0. The molecule has 0 bridgehead atoms. The quantitative estimate of drug-likeness (QED) is 0.127. The second kappa shape index (κ2) is 16.7. The van der Waals surface area contributed by atoms with Crippen molar-refractivity contribution in [1.29, 1.82) is 0 Å². The van der Waals surface area contributed by atoms with E-state index < -0.39 is 20.6 Å². The van der Waals surface area contributed by atoms with Gasteiger partial charge in [0.2, 0.25) is 0 Å². The minimum atomic E-state index is -2.42. The summed E-state index contributed by atoms with van der Waals surface area (Å²) in [4.78, 5) is 9.09. The number of aryl methyl sites for hydroxylation is 3. The Morgan fingerprint density at radius 1 is 0.627 bits per heavy atom. The maximum Gasteiger partial charge on any atom is 0.129 e. The molecule has 0 saturated carbocycles. The first-order valence-electron chi connectivity index (χ1n) is 24.3. The number of hydrogen-bond acceptors (Lipinski definition) is 3. The van der Waals surface area contributed by atoms with Crippen molar-refractivity contribution in [3.05, 3.63) is 167 Å². The molecule has 0 unspecified atom stereocenters. The zero-order chi connectivity index (χ0) is 48.4. The Balaban J connectivity index is 0.000000274. The largest absolute Gasteiger partial charge is 0.500 e. The number of benzene rings is 6. The first-order valence-corrected chi connectivity index (χ1v) is 19.8. The SMILES string of the molecule is [2H]C([2H])([2H])c1c[c-]c(-c2ccc(C(C)(C)C)cn2)cc1.[2H]C([2H])([2H])c1cnc(-c2[c-]cc(C([2H])([2H])[2H])c3c2oc2c3ccc3ccc4ccccc4c32)cc1-c1ccc(C(C)C)cc1C(C)C.[Ir]. The van der Waals surface area contributed by atoms with Crippen LogP contribution in [0.15, 0.2) is 126 Å². The van der Waals surface area contributed by atoms with Crippen LogP contribution in [0.3, 0.4) is 0 Å². The summed E-state index contributed by atoms with van der Waals surface area (Å²) in [6.45, 7) is 7.99. The summed E-state index contributed by atoms with van der Waals surface area (Å²) in [5.74, 6) is 0.456. The van der Waals surface area contributed by atoms with Crippen molar-refractivity contribution in [1.82, 2.24) is 9.97 Å². The van der Waals surface area contributed by atoms with E-state index >= 15 is 0 Å². The average molecular weight is 958 g/mol. The van der Waals surface area contributed by atoms with Crippen LogP contribution in [0.2, 0.25) is 0 Å². The average Bonchev–Trinajstić information content (AvgIpc) is 3.67. The van der Waals surface area contributed by atoms with Crippen molar-refractivity contribution in [2.75, 3.05) is 0 Å². The third-order valence-electron chi connectivity index (χ3n) is 11.0. The molecule has 3 heterocycles. The molecule has 0 amide bonds. The van der Waals surface area contributed by atoms with Crippen molar-refractivity contribution in [3.63, 3.8) is 0 Å². The molecule has 4 heteroatoms. The summed E-state index contributed by atoms with van der Waals surface area (Å²) in [6.07, 6.45) is 3.28. The number of rotatable bonds is 5.